The highest BCUT2D eigenvalue weighted by Crippen LogP contribution is 2.27. The van der Waals surface area contributed by atoms with Crippen molar-refractivity contribution in [1.82, 2.24) is 14.5 Å². The predicted octanol–water partition coefficient (Wildman–Crippen LogP) is 1.49. The van der Waals surface area contributed by atoms with E-state index in [0.717, 1.165) is 12.8 Å². The lowest BCUT2D eigenvalue weighted by molar-refractivity contribution is -0.148. The molecule has 1 fully saturated rings. The Labute approximate surface area is 141 Å². The van der Waals surface area contributed by atoms with Gasteiger partial charge >= 0.3 is 11.7 Å². The van der Waals surface area contributed by atoms with Gasteiger partial charge in [0.2, 0.25) is 0 Å². The standard InChI is InChI=1S/C16H24N4O4/c1-4-5-15(21)23-10-12-6-7-14(24-12)20-9-8-13(18-16(20)22)17-11-19(2)3/h8-9,11-12,14H,4-7,10H2,1-3H3/t12-,14+/m0/s1. The van der Waals surface area contributed by atoms with Crippen LogP contribution in [0.2, 0.25) is 0 Å². The minimum absolute atomic E-state index is 0.186. The molecule has 8 nitrogen and oxygen atoms in total. The summed E-state index contributed by atoms with van der Waals surface area (Å²) in [6.45, 7) is 2.15. The highest BCUT2D eigenvalue weighted by Gasteiger charge is 2.28. The summed E-state index contributed by atoms with van der Waals surface area (Å²) >= 11 is 0. The van der Waals surface area contributed by atoms with Gasteiger partial charge in [0.15, 0.2) is 5.82 Å². The van der Waals surface area contributed by atoms with Crippen LogP contribution in [0.5, 0.6) is 0 Å². The smallest absolute Gasteiger partial charge is 0.351 e. The number of esters is 1. The molecule has 1 aliphatic rings. The van der Waals surface area contributed by atoms with Crippen LogP contribution in [0.15, 0.2) is 22.1 Å². The Hall–Kier alpha value is -2.22. The zero-order chi connectivity index (χ0) is 17.5. The van der Waals surface area contributed by atoms with Gasteiger partial charge in [-0.05, 0) is 25.3 Å². The molecule has 0 radical (unpaired) electrons. The van der Waals surface area contributed by atoms with Crippen molar-refractivity contribution in [2.45, 2.75) is 44.9 Å². The van der Waals surface area contributed by atoms with E-state index in [1.165, 1.54) is 4.57 Å². The van der Waals surface area contributed by atoms with Gasteiger partial charge in [-0.3, -0.25) is 9.36 Å². The van der Waals surface area contributed by atoms with E-state index in [1.807, 2.05) is 21.0 Å². The summed E-state index contributed by atoms with van der Waals surface area (Å²) in [5.74, 6) is 0.138. The zero-order valence-electron chi connectivity index (χ0n) is 14.3. The third-order valence-corrected chi connectivity index (χ3v) is 3.52. The van der Waals surface area contributed by atoms with Gasteiger partial charge in [-0.1, -0.05) is 6.92 Å². The van der Waals surface area contributed by atoms with Crippen LogP contribution >= 0.6 is 0 Å². The number of aliphatic imine (C=N–C) groups is 1. The summed E-state index contributed by atoms with van der Waals surface area (Å²) in [4.78, 5) is 33.3. The second-order valence-corrected chi connectivity index (χ2v) is 5.91. The third-order valence-electron chi connectivity index (χ3n) is 3.52. The monoisotopic (exact) mass is 336 g/mol. The summed E-state index contributed by atoms with van der Waals surface area (Å²) in [6.07, 6.45) is 5.23. The maximum absolute atomic E-state index is 12.1. The van der Waals surface area contributed by atoms with E-state index < -0.39 is 5.69 Å². The Kier molecular flexibility index (Phi) is 6.48. The summed E-state index contributed by atoms with van der Waals surface area (Å²) in [6, 6.07) is 1.67. The Morgan fingerprint density at radius 1 is 1.54 bits per heavy atom. The van der Waals surface area contributed by atoms with Crippen molar-refractivity contribution in [2.24, 2.45) is 4.99 Å². The van der Waals surface area contributed by atoms with Gasteiger partial charge in [0, 0.05) is 26.7 Å². The largest absolute Gasteiger partial charge is 0.463 e. The lowest BCUT2D eigenvalue weighted by Crippen LogP contribution is -2.27. The number of nitrogens with zero attached hydrogens (tertiary/aromatic N) is 4. The molecular formula is C16H24N4O4. The average molecular weight is 336 g/mol. The second kappa shape index (κ2) is 8.58. The van der Waals surface area contributed by atoms with Crippen LogP contribution in [0.1, 0.15) is 38.8 Å². The van der Waals surface area contributed by atoms with E-state index in [1.54, 1.807) is 23.5 Å². The summed E-state index contributed by atoms with van der Waals surface area (Å²) in [5, 5.41) is 0. The quantitative estimate of drug-likeness (QED) is 0.426. The first-order chi connectivity index (χ1) is 11.5. The second-order valence-electron chi connectivity index (χ2n) is 5.91. The van der Waals surface area contributed by atoms with Crippen molar-refractivity contribution in [3.63, 3.8) is 0 Å². The molecule has 0 bridgehead atoms. The Bertz CT molecular complexity index is 641. The Morgan fingerprint density at radius 3 is 3.00 bits per heavy atom. The third kappa shape index (κ3) is 5.16. The van der Waals surface area contributed by atoms with Crippen LogP contribution in [-0.2, 0) is 14.3 Å². The fourth-order valence-electron chi connectivity index (χ4n) is 2.35. The highest BCUT2D eigenvalue weighted by atomic mass is 16.6. The normalized spacial score (nSPS) is 20.5. The molecular weight excluding hydrogens is 312 g/mol. The summed E-state index contributed by atoms with van der Waals surface area (Å²) < 4.78 is 12.4. The lowest BCUT2D eigenvalue weighted by atomic mass is 10.2. The number of hydrogen-bond donors (Lipinski definition) is 0. The molecule has 0 aliphatic carbocycles. The van der Waals surface area contributed by atoms with E-state index in [-0.39, 0.29) is 24.9 Å². The first-order valence-electron chi connectivity index (χ1n) is 8.10. The van der Waals surface area contributed by atoms with Crippen molar-refractivity contribution in [2.75, 3.05) is 20.7 Å². The van der Waals surface area contributed by atoms with Crippen LogP contribution in [0, 0.1) is 0 Å². The van der Waals surface area contributed by atoms with Gasteiger partial charge < -0.3 is 14.4 Å². The topological polar surface area (TPSA) is 86.0 Å². The van der Waals surface area contributed by atoms with Crippen LogP contribution in [0.25, 0.3) is 0 Å². The van der Waals surface area contributed by atoms with Crippen LogP contribution in [0.3, 0.4) is 0 Å². The molecule has 2 heterocycles. The molecule has 0 aromatic carbocycles. The van der Waals surface area contributed by atoms with E-state index in [4.69, 9.17) is 9.47 Å². The number of aromatic nitrogens is 2. The van der Waals surface area contributed by atoms with E-state index >= 15 is 0 Å². The van der Waals surface area contributed by atoms with Crippen LogP contribution in [-0.4, -0.2) is 53.6 Å². The van der Waals surface area contributed by atoms with Gasteiger partial charge in [0.1, 0.15) is 12.8 Å². The average Bonchev–Trinajstić information content (AvgIpc) is 3.00. The molecule has 24 heavy (non-hydrogen) atoms. The number of carbonyl (C=O) groups excluding carboxylic acids is 1. The lowest BCUT2D eigenvalue weighted by Gasteiger charge is -2.15. The van der Waals surface area contributed by atoms with Gasteiger partial charge in [0.05, 0.1) is 12.4 Å². The Morgan fingerprint density at radius 2 is 2.33 bits per heavy atom. The maximum atomic E-state index is 12.1. The molecule has 1 aromatic heterocycles. The maximum Gasteiger partial charge on any atom is 0.351 e. The molecule has 0 N–H and O–H groups in total. The van der Waals surface area contributed by atoms with Gasteiger partial charge in [-0.15, -0.1) is 0 Å². The highest BCUT2D eigenvalue weighted by molar-refractivity contribution is 5.69. The fraction of sp³-hybridized carbons (Fsp3) is 0.625. The van der Waals surface area contributed by atoms with Gasteiger partial charge in [-0.2, -0.15) is 4.98 Å². The summed E-state index contributed by atoms with van der Waals surface area (Å²) in [7, 11) is 3.68. The van der Waals surface area contributed by atoms with E-state index in [0.29, 0.717) is 18.7 Å². The van der Waals surface area contributed by atoms with E-state index in [9.17, 15) is 9.59 Å². The minimum Gasteiger partial charge on any atom is -0.463 e. The molecule has 1 aromatic rings. The molecule has 0 spiro atoms. The van der Waals surface area contributed by atoms with Crippen molar-refractivity contribution < 1.29 is 14.3 Å². The molecule has 1 aliphatic heterocycles. The molecule has 2 rings (SSSR count). The van der Waals surface area contributed by atoms with Crippen molar-refractivity contribution in [3.8, 4) is 0 Å². The first kappa shape index (κ1) is 18.1. The van der Waals surface area contributed by atoms with Crippen LogP contribution in [0.4, 0.5) is 5.82 Å². The van der Waals surface area contributed by atoms with Crippen molar-refractivity contribution in [3.05, 3.63) is 22.7 Å². The SMILES string of the molecule is CCCC(=O)OC[C@@H]1CC[C@H](n2ccc(N=CN(C)C)nc2=O)O1. The molecule has 8 heteroatoms. The molecule has 132 valence electrons. The molecule has 0 unspecified atom stereocenters. The number of carbonyl (C=O) groups is 1. The molecule has 1 saturated heterocycles. The van der Waals surface area contributed by atoms with Crippen LogP contribution < -0.4 is 5.69 Å². The molecule has 0 saturated carbocycles. The van der Waals surface area contributed by atoms with Crippen molar-refractivity contribution in [1.29, 1.82) is 0 Å². The molecule has 2 atom stereocenters. The molecule has 0 amide bonds. The van der Waals surface area contributed by atoms with Gasteiger partial charge in [0.25, 0.3) is 0 Å². The first-order valence-corrected chi connectivity index (χ1v) is 8.10. The number of rotatable bonds is 7. The minimum atomic E-state index is -0.406. The zero-order valence-corrected chi connectivity index (χ0v) is 14.3. The summed E-state index contributed by atoms with van der Waals surface area (Å²) in [5.41, 5.74) is -0.406. The number of hydrogen-bond acceptors (Lipinski definition) is 6. The predicted molar refractivity (Wildman–Crippen MR) is 89.3 cm³/mol. The van der Waals surface area contributed by atoms with Gasteiger partial charge in [-0.25, -0.2) is 9.79 Å². The fourth-order valence-corrected chi connectivity index (χ4v) is 2.35. The van der Waals surface area contributed by atoms with E-state index in [2.05, 4.69) is 9.98 Å². The number of ether oxygens (including phenoxy) is 2. The Balaban J connectivity index is 1.93. The van der Waals surface area contributed by atoms with Crippen molar-refractivity contribution >= 4 is 18.1 Å².